The molecule has 1 saturated heterocycles. The fraction of sp³-hybridized carbons (Fsp3) is 0.350. The molecule has 5 nitrogen and oxygen atoms in total. The number of aromatic hydroxyl groups is 1. The predicted octanol–water partition coefficient (Wildman–Crippen LogP) is 3.00. The van der Waals surface area contributed by atoms with Gasteiger partial charge in [0.15, 0.2) is 17.9 Å². The zero-order chi connectivity index (χ0) is 19.2. The zero-order valence-corrected chi connectivity index (χ0v) is 15.0. The number of aliphatic hydroxyl groups excluding tert-OH is 1. The Labute approximate surface area is 153 Å². The summed E-state index contributed by atoms with van der Waals surface area (Å²) in [6.45, 7) is 2.73. The highest BCUT2D eigenvalue weighted by atomic mass is 19.1. The number of carbonyl (C=O) groups excluding carboxylic acids is 1. The third kappa shape index (κ3) is 9.15. The van der Waals surface area contributed by atoms with Gasteiger partial charge in [-0.1, -0.05) is 24.3 Å². The van der Waals surface area contributed by atoms with Crippen molar-refractivity contribution >= 4 is 6.29 Å². The minimum atomic E-state index is -0.576. The fourth-order valence-electron chi connectivity index (χ4n) is 2.15. The molecule has 0 atom stereocenters. The highest BCUT2D eigenvalue weighted by molar-refractivity contribution is 5.51. The molecule has 0 bridgehead atoms. The molecule has 1 aliphatic heterocycles. The summed E-state index contributed by atoms with van der Waals surface area (Å²) < 4.78 is 17.1. The number of aldehydes is 1. The van der Waals surface area contributed by atoms with Crippen molar-refractivity contribution in [2.75, 3.05) is 26.7 Å². The van der Waals surface area contributed by atoms with Gasteiger partial charge in [-0.2, -0.15) is 0 Å². The first kappa shape index (κ1) is 21.6. The van der Waals surface area contributed by atoms with Gasteiger partial charge in [0, 0.05) is 0 Å². The molecule has 0 aromatic heterocycles. The molecule has 0 radical (unpaired) electrons. The molecule has 0 aliphatic carbocycles. The van der Waals surface area contributed by atoms with Crippen molar-refractivity contribution in [3.8, 4) is 11.5 Å². The summed E-state index contributed by atoms with van der Waals surface area (Å²) >= 11 is 0. The van der Waals surface area contributed by atoms with Crippen LogP contribution in [0.5, 0.6) is 11.5 Å². The first-order valence-corrected chi connectivity index (χ1v) is 8.45. The van der Waals surface area contributed by atoms with Crippen LogP contribution in [-0.2, 0) is 11.4 Å². The van der Waals surface area contributed by atoms with Crippen LogP contribution in [0.1, 0.15) is 18.4 Å². The van der Waals surface area contributed by atoms with Crippen LogP contribution in [0.2, 0.25) is 0 Å². The largest absolute Gasteiger partial charge is 0.505 e. The summed E-state index contributed by atoms with van der Waals surface area (Å²) in [6, 6.07) is 12.5. The monoisotopic (exact) mass is 363 g/mol. The molecule has 26 heavy (non-hydrogen) atoms. The average Bonchev–Trinajstić information content (AvgIpc) is 3.15. The zero-order valence-electron chi connectivity index (χ0n) is 15.0. The SMILES string of the molecule is CN1CCCC1.O=CCOc1ccc(CO)cc1.Oc1ccccc1F. The van der Waals surface area contributed by atoms with Gasteiger partial charge in [0.2, 0.25) is 0 Å². The number of hydrogen-bond acceptors (Lipinski definition) is 5. The van der Waals surface area contributed by atoms with Gasteiger partial charge >= 0.3 is 0 Å². The number of rotatable bonds is 4. The van der Waals surface area contributed by atoms with E-state index < -0.39 is 5.82 Å². The Kier molecular flexibility index (Phi) is 10.7. The lowest BCUT2D eigenvalue weighted by Crippen LogP contribution is -2.10. The molecule has 2 aromatic rings. The van der Waals surface area contributed by atoms with Crippen molar-refractivity contribution in [1.82, 2.24) is 4.90 Å². The molecule has 0 unspecified atom stereocenters. The number of phenols is 1. The van der Waals surface area contributed by atoms with Gasteiger partial charge in [-0.3, -0.25) is 4.79 Å². The van der Waals surface area contributed by atoms with Gasteiger partial charge in [-0.05, 0) is 62.8 Å². The Bertz CT molecular complexity index is 607. The lowest BCUT2D eigenvalue weighted by atomic mass is 10.2. The minimum Gasteiger partial charge on any atom is -0.505 e. The van der Waals surface area contributed by atoms with Gasteiger partial charge in [-0.15, -0.1) is 0 Å². The van der Waals surface area contributed by atoms with Crippen molar-refractivity contribution in [2.45, 2.75) is 19.4 Å². The molecule has 2 N–H and O–H groups in total. The van der Waals surface area contributed by atoms with E-state index in [0.29, 0.717) is 12.0 Å². The molecule has 2 aromatic carbocycles. The van der Waals surface area contributed by atoms with E-state index in [1.165, 1.54) is 44.1 Å². The Morgan fingerprint density at radius 2 is 1.73 bits per heavy atom. The first-order valence-electron chi connectivity index (χ1n) is 8.45. The number of para-hydroxylation sites is 1. The second-order valence-electron chi connectivity index (χ2n) is 5.74. The van der Waals surface area contributed by atoms with Crippen LogP contribution in [-0.4, -0.2) is 48.1 Å². The molecule has 0 saturated carbocycles. The number of phenolic OH excluding ortho intramolecular Hbond substituents is 1. The summed E-state index contributed by atoms with van der Waals surface area (Å²) in [5.41, 5.74) is 0.827. The van der Waals surface area contributed by atoms with E-state index in [0.717, 1.165) is 5.56 Å². The second-order valence-corrected chi connectivity index (χ2v) is 5.74. The van der Waals surface area contributed by atoms with Crippen LogP contribution in [0.15, 0.2) is 48.5 Å². The van der Waals surface area contributed by atoms with Gasteiger partial charge in [-0.25, -0.2) is 4.39 Å². The number of likely N-dealkylation sites (tertiary alicyclic amines) is 1. The molecule has 0 amide bonds. The summed E-state index contributed by atoms with van der Waals surface area (Å²) in [4.78, 5) is 12.3. The highest BCUT2D eigenvalue weighted by Gasteiger charge is 2.03. The van der Waals surface area contributed by atoms with Gasteiger partial charge in [0.1, 0.15) is 12.4 Å². The molecule has 3 rings (SSSR count). The van der Waals surface area contributed by atoms with E-state index in [4.69, 9.17) is 14.9 Å². The van der Waals surface area contributed by atoms with Crippen LogP contribution in [0.3, 0.4) is 0 Å². The van der Waals surface area contributed by atoms with E-state index in [-0.39, 0.29) is 19.0 Å². The standard InChI is InChI=1S/C9H10O3.C6H5FO.C5H11N/c10-5-6-12-9-3-1-8(7-11)2-4-9;7-5-3-1-2-4-6(5)8;1-6-4-2-3-5-6/h1-5,11H,6-7H2;1-4,8H;2-5H2,1H3. The Balaban J connectivity index is 0.000000208. The van der Waals surface area contributed by atoms with E-state index >= 15 is 0 Å². The van der Waals surface area contributed by atoms with Crippen LogP contribution in [0, 0.1) is 5.82 Å². The normalized spacial score (nSPS) is 13.0. The number of benzene rings is 2. The molecule has 0 spiro atoms. The third-order valence-corrected chi connectivity index (χ3v) is 3.61. The second kappa shape index (κ2) is 12.9. The number of aliphatic hydroxyl groups is 1. The van der Waals surface area contributed by atoms with E-state index in [9.17, 15) is 9.18 Å². The smallest absolute Gasteiger partial charge is 0.164 e. The van der Waals surface area contributed by atoms with Crippen molar-refractivity contribution < 1.29 is 24.1 Å². The summed E-state index contributed by atoms with van der Waals surface area (Å²) in [6.07, 6.45) is 3.52. The lowest BCUT2D eigenvalue weighted by molar-refractivity contribution is -0.109. The Morgan fingerprint density at radius 1 is 1.12 bits per heavy atom. The van der Waals surface area contributed by atoms with Gasteiger partial charge < -0.3 is 19.8 Å². The summed E-state index contributed by atoms with van der Waals surface area (Å²) in [5, 5.41) is 17.3. The number of hydrogen-bond donors (Lipinski definition) is 2. The quantitative estimate of drug-likeness (QED) is 0.818. The van der Waals surface area contributed by atoms with Crippen molar-refractivity contribution in [3.05, 3.63) is 59.9 Å². The molecular weight excluding hydrogens is 337 g/mol. The average molecular weight is 363 g/mol. The predicted molar refractivity (Wildman–Crippen MR) is 98.7 cm³/mol. The van der Waals surface area contributed by atoms with Gasteiger partial charge in [0.25, 0.3) is 0 Å². The first-order chi connectivity index (χ1) is 12.6. The van der Waals surface area contributed by atoms with Crippen molar-refractivity contribution in [1.29, 1.82) is 0 Å². The number of halogens is 1. The van der Waals surface area contributed by atoms with Crippen LogP contribution in [0.4, 0.5) is 4.39 Å². The number of nitrogens with zero attached hydrogens (tertiary/aromatic N) is 1. The highest BCUT2D eigenvalue weighted by Crippen LogP contribution is 2.12. The fourth-order valence-corrected chi connectivity index (χ4v) is 2.15. The maximum Gasteiger partial charge on any atom is 0.164 e. The van der Waals surface area contributed by atoms with Crippen LogP contribution < -0.4 is 4.74 Å². The van der Waals surface area contributed by atoms with Gasteiger partial charge in [0.05, 0.1) is 6.61 Å². The van der Waals surface area contributed by atoms with E-state index in [1.54, 1.807) is 30.3 Å². The number of ether oxygens (including phenoxy) is 1. The maximum atomic E-state index is 12.1. The van der Waals surface area contributed by atoms with Crippen molar-refractivity contribution in [2.24, 2.45) is 0 Å². The molecule has 1 aliphatic rings. The molecule has 142 valence electrons. The van der Waals surface area contributed by atoms with E-state index in [2.05, 4.69) is 11.9 Å². The topological polar surface area (TPSA) is 70.0 Å². The Morgan fingerprint density at radius 3 is 2.12 bits per heavy atom. The summed E-state index contributed by atoms with van der Waals surface area (Å²) in [7, 11) is 2.17. The minimum absolute atomic E-state index is 0.0218. The molecule has 1 heterocycles. The third-order valence-electron chi connectivity index (χ3n) is 3.61. The maximum absolute atomic E-state index is 12.1. The van der Waals surface area contributed by atoms with Crippen molar-refractivity contribution in [3.63, 3.8) is 0 Å². The molecule has 6 heteroatoms. The van der Waals surface area contributed by atoms with Crippen LogP contribution >= 0.6 is 0 Å². The van der Waals surface area contributed by atoms with E-state index in [1.807, 2.05) is 0 Å². The van der Waals surface area contributed by atoms with Crippen LogP contribution in [0.25, 0.3) is 0 Å². The number of carbonyl (C=O) groups is 1. The summed E-state index contributed by atoms with van der Waals surface area (Å²) in [5.74, 6) is -0.237. The lowest BCUT2D eigenvalue weighted by Gasteiger charge is -2.01. The molecular formula is C20H26FNO4. The molecule has 1 fully saturated rings. The Hall–Kier alpha value is -2.44.